The third kappa shape index (κ3) is 2.41. The molecular weight excluding hydrogens is 179 g/mol. The number of aldehydes is 1. The maximum Gasteiger partial charge on any atom is 0.126 e. The highest BCUT2D eigenvalue weighted by Gasteiger charge is 2.10. The van der Waals surface area contributed by atoms with E-state index < -0.39 is 0 Å². The Hall–Kier alpha value is -1.18. The highest BCUT2D eigenvalue weighted by Crippen LogP contribution is 2.18. The SMILES string of the molecule is Cc1cc(C)c(CC(C)C=O)c(F)c1. The summed E-state index contributed by atoms with van der Waals surface area (Å²) in [4.78, 5) is 10.5. The molecule has 0 saturated heterocycles. The molecule has 0 bridgehead atoms. The summed E-state index contributed by atoms with van der Waals surface area (Å²) in [7, 11) is 0. The predicted octanol–water partition coefficient (Wildman–Crippen LogP) is 2.82. The molecule has 1 rings (SSSR count). The van der Waals surface area contributed by atoms with Gasteiger partial charge in [0.05, 0.1) is 0 Å². The number of rotatable bonds is 3. The molecule has 2 heteroatoms. The molecule has 0 radical (unpaired) electrons. The summed E-state index contributed by atoms with van der Waals surface area (Å²) in [6.45, 7) is 5.54. The van der Waals surface area contributed by atoms with Crippen molar-refractivity contribution in [1.82, 2.24) is 0 Å². The number of hydrogen-bond donors (Lipinski definition) is 0. The number of carbonyl (C=O) groups is 1. The van der Waals surface area contributed by atoms with Gasteiger partial charge in [-0.2, -0.15) is 0 Å². The van der Waals surface area contributed by atoms with Gasteiger partial charge in [0.2, 0.25) is 0 Å². The number of halogens is 1. The van der Waals surface area contributed by atoms with Crippen molar-refractivity contribution in [3.05, 3.63) is 34.6 Å². The number of carbonyl (C=O) groups excluding carboxylic acids is 1. The fourth-order valence-corrected chi connectivity index (χ4v) is 1.57. The van der Waals surface area contributed by atoms with Gasteiger partial charge in [-0.1, -0.05) is 13.0 Å². The van der Waals surface area contributed by atoms with Crippen LogP contribution in [0.4, 0.5) is 4.39 Å². The molecule has 0 aliphatic carbocycles. The van der Waals surface area contributed by atoms with E-state index in [9.17, 15) is 9.18 Å². The maximum absolute atomic E-state index is 13.5. The van der Waals surface area contributed by atoms with Gasteiger partial charge in [0, 0.05) is 5.92 Å². The van der Waals surface area contributed by atoms with Crippen molar-refractivity contribution in [3.63, 3.8) is 0 Å². The Morgan fingerprint density at radius 1 is 1.43 bits per heavy atom. The first kappa shape index (κ1) is 10.9. The molecule has 1 atom stereocenters. The molecule has 0 aliphatic heterocycles. The topological polar surface area (TPSA) is 17.1 Å². The zero-order valence-electron chi connectivity index (χ0n) is 8.80. The van der Waals surface area contributed by atoms with Crippen molar-refractivity contribution in [2.24, 2.45) is 5.92 Å². The minimum absolute atomic E-state index is 0.120. The van der Waals surface area contributed by atoms with Gasteiger partial charge < -0.3 is 4.79 Å². The Morgan fingerprint density at radius 2 is 2.07 bits per heavy atom. The van der Waals surface area contributed by atoms with Crippen molar-refractivity contribution in [3.8, 4) is 0 Å². The quantitative estimate of drug-likeness (QED) is 0.676. The molecular formula is C12H15FO. The summed E-state index contributed by atoms with van der Waals surface area (Å²) < 4.78 is 13.5. The monoisotopic (exact) mass is 194 g/mol. The third-order valence-electron chi connectivity index (χ3n) is 2.32. The van der Waals surface area contributed by atoms with E-state index in [1.807, 2.05) is 19.9 Å². The maximum atomic E-state index is 13.5. The lowest BCUT2D eigenvalue weighted by molar-refractivity contribution is -0.110. The predicted molar refractivity (Wildman–Crippen MR) is 54.8 cm³/mol. The smallest absolute Gasteiger partial charge is 0.126 e. The Kier molecular flexibility index (Phi) is 3.39. The molecule has 0 saturated carbocycles. The van der Waals surface area contributed by atoms with E-state index in [0.717, 1.165) is 17.4 Å². The molecule has 14 heavy (non-hydrogen) atoms. The fourth-order valence-electron chi connectivity index (χ4n) is 1.57. The first-order chi connectivity index (χ1) is 6.54. The van der Waals surface area contributed by atoms with E-state index in [-0.39, 0.29) is 11.7 Å². The Bertz CT molecular complexity index is 321. The molecule has 1 nitrogen and oxygen atoms in total. The average Bonchev–Trinajstić information content (AvgIpc) is 2.10. The van der Waals surface area contributed by atoms with Crippen molar-refractivity contribution < 1.29 is 9.18 Å². The van der Waals surface area contributed by atoms with Gasteiger partial charge in [-0.3, -0.25) is 0 Å². The standard InChI is InChI=1S/C12H15FO/c1-8-4-10(3)11(12(13)6-8)5-9(2)7-14/h4,6-7,9H,5H2,1-3H3. The fraction of sp³-hybridized carbons (Fsp3) is 0.417. The Labute approximate surface area is 83.9 Å². The lowest BCUT2D eigenvalue weighted by Gasteiger charge is -2.10. The van der Waals surface area contributed by atoms with E-state index >= 15 is 0 Å². The summed E-state index contributed by atoms with van der Waals surface area (Å²) in [5.74, 6) is -0.317. The second kappa shape index (κ2) is 4.36. The summed E-state index contributed by atoms with van der Waals surface area (Å²) in [5, 5.41) is 0. The van der Waals surface area contributed by atoms with E-state index in [1.54, 1.807) is 6.92 Å². The lowest BCUT2D eigenvalue weighted by atomic mass is 9.96. The van der Waals surface area contributed by atoms with Gasteiger partial charge in [0.25, 0.3) is 0 Å². The zero-order valence-corrected chi connectivity index (χ0v) is 8.80. The molecule has 0 fully saturated rings. The molecule has 1 unspecified atom stereocenters. The van der Waals surface area contributed by atoms with Crippen LogP contribution in [0.5, 0.6) is 0 Å². The summed E-state index contributed by atoms with van der Waals surface area (Å²) in [6.07, 6.45) is 1.35. The van der Waals surface area contributed by atoms with E-state index in [1.165, 1.54) is 6.07 Å². The summed E-state index contributed by atoms with van der Waals surface area (Å²) in [5.41, 5.74) is 2.51. The highest BCUT2D eigenvalue weighted by molar-refractivity contribution is 5.54. The van der Waals surface area contributed by atoms with Crippen LogP contribution in [0.1, 0.15) is 23.6 Å². The van der Waals surface area contributed by atoms with Crippen LogP contribution < -0.4 is 0 Å². The molecule has 0 spiro atoms. The van der Waals surface area contributed by atoms with Crippen molar-refractivity contribution in [1.29, 1.82) is 0 Å². The van der Waals surface area contributed by atoms with Crippen LogP contribution in [0.25, 0.3) is 0 Å². The molecule has 76 valence electrons. The number of hydrogen-bond acceptors (Lipinski definition) is 1. The van der Waals surface area contributed by atoms with Gasteiger partial charge in [-0.15, -0.1) is 0 Å². The minimum Gasteiger partial charge on any atom is -0.303 e. The largest absolute Gasteiger partial charge is 0.303 e. The summed E-state index contributed by atoms with van der Waals surface area (Å²) >= 11 is 0. The molecule has 0 aromatic heterocycles. The number of aryl methyl sites for hydroxylation is 2. The second-order valence-electron chi connectivity index (χ2n) is 3.86. The van der Waals surface area contributed by atoms with Gasteiger partial charge in [0.1, 0.15) is 12.1 Å². The van der Waals surface area contributed by atoms with Crippen LogP contribution in [-0.2, 0) is 11.2 Å². The van der Waals surface area contributed by atoms with Crippen molar-refractivity contribution >= 4 is 6.29 Å². The number of benzene rings is 1. The van der Waals surface area contributed by atoms with Gasteiger partial charge in [0.15, 0.2) is 0 Å². The molecule has 1 aromatic rings. The Morgan fingerprint density at radius 3 is 2.57 bits per heavy atom. The van der Waals surface area contributed by atoms with E-state index in [4.69, 9.17) is 0 Å². The second-order valence-corrected chi connectivity index (χ2v) is 3.86. The van der Waals surface area contributed by atoms with Crippen LogP contribution in [0.3, 0.4) is 0 Å². The minimum atomic E-state index is -0.198. The lowest BCUT2D eigenvalue weighted by Crippen LogP contribution is -2.05. The highest BCUT2D eigenvalue weighted by atomic mass is 19.1. The Balaban J connectivity index is 3.02. The third-order valence-corrected chi connectivity index (χ3v) is 2.32. The van der Waals surface area contributed by atoms with Crippen LogP contribution in [0, 0.1) is 25.6 Å². The van der Waals surface area contributed by atoms with Crippen LogP contribution in [0.2, 0.25) is 0 Å². The normalized spacial score (nSPS) is 12.6. The van der Waals surface area contributed by atoms with Gasteiger partial charge in [-0.25, -0.2) is 4.39 Å². The first-order valence-electron chi connectivity index (χ1n) is 4.75. The first-order valence-corrected chi connectivity index (χ1v) is 4.75. The van der Waals surface area contributed by atoms with E-state index in [2.05, 4.69) is 0 Å². The van der Waals surface area contributed by atoms with Gasteiger partial charge in [-0.05, 0) is 43.0 Å². The summed E-state index contributed by atoms with van der Waals surface area (Å²) in [6, 6.07) is 3.45. The van der Waals surface area contributed by atoms with Gasteiger partial charge >= 0.3 is 0 Å². The van der Waals surface area contributed by atoms with E-state index in [0.29, 0.717) is 12.0 Å². The molecule has 0 aliphatic rings. The molecule has 0 amide bonds. The van der Waals surface area contributed by atoms with Crippen molar-refractivity contribution in [2.75, 3.05) is 0 Å². The average molecular weight is 194 g/mol. The molecule has 1 aromatic carbocycles. The van der Waals surface area contributed by atoms with Crippen LogP contribution >= 0.6 is 0 Å². The molecule has 0 N–H and O–H groups in total. The van der Waals surface area contributed by atoms with Crippen molar-refractivity contribution in [2.45, 2.75) is 27.2 Å². The van der Waals surface area contributed by atoms with Crippen LogP contribution in [-0.4, -0.2) is 6.29 Å². The molecule has 0 heterocycles. The zero-order chi connectivity index (χ0) is 10.7. The van der Waals surface area contributed by atoms with Crippen LogP contribution in [0.15, 0.2) is 12.1 Å².